The maximum atomic E-state index is 12.0. The highest BCUT2D eigenvalue weighted by molar-refractivity contribution is 5.86. The van der Waals surface area contributed by atoms with Crippen LogP contribution in [0.25, 0.3) is 0 Å². The summed E-state index contributed by atoms with van der Waals surface area (Å²) >= 11 is 0. The van der Waals surface area contributed by atoms with Crippen molar-refractivity contribution in [3.63, 3.8) is 0 Å². The van der Waals surface area contributed by atoms with Crippen LogP contribution in [0.4, 0.5) is 0 Å². The molecule has 3 rings (SSSR count). The first-order chi connectivity index (χ1) is 13.0. The predicted molar refractivity (Wildman–Crippen MR) is 95.7 cm³/mol. The highest BCUT2D eigenvalue weighted by Gasteiger charge is 2.46. The van der Waals surface area contributed by atoms with Gasteiger partial charge in [0.05, 0.1) is 13.2 Å². The third-order valence-electron chi connectivity index (χ3n) is 5.03. The van der Waals surface area contributed by atoms with Crippen LogP contribution in [0.5, 0.6) is 0 Å². The molecule has 0 bridgehead atoms. The maximum absolute atomic E-state index is 12.0. The van der Waals surface area contributed by atoms with E-state index in [-0.39, 0.29) is 31.3 Å². The average Bonchev–Trinajstić information content (AvgIpc) is 3.42. The SMILES string of the molecule is C=C(C)C(=O)OCC1COC(C=CC(=O)OCC2CO2)(C2CCCCC2)O1. The predicted octanol–water partition coefficient (Wildman–Crippen LogP) is 2.30. The van der Waals surface area contributed by atoms with E-state index in [1.165, 1.54) is 12.5 Å². The van der Waals surface area contributed by atoms with E-state index in [1.54, 1.807) is 13.0 Å². The van der Waals surface area contributed by atoms with Gasteiger partial charge < -0.3 is 23.7 Å². The van der Waals surface area contributed by atoms with Gasteiger partial charge in [-0.25, -0.2) is 9.59 Å². The molecule has 3 fully saturated rings. The summed E-state index contributed by atoms with van der Waals surface area (Å²) in [5, 5.41) is 0. The van der Waals surface area contributed by atoms with Crippen LogP contribution in [-0.2, 0) is 33.3 Å². The summed E-state index contributed by atoms with van der Waals surface area (Å²) in [5.41, 5.74) is 0.342. The van der Waals surface area contributed by atoms with E-state index in [1.807, 2.05) is 0 Å². The van der Waals surface area contributed by atoms with E-state index in [9.17, 15) is 9.59 Å². The van der Waals surface area contributed by atoms with Crippen molar-refractivity contribution < 1.29 is 33.3 Å². The number of hydrogen-bond donors (Lipinski definition) is 0. The number of carbonyl (C=O) groups is 2. The van der Waals surface area contributed by atoms with Crippen LogP contribution < -0.4 is 0 Å². The van der Waals surface area contributed by atoms with Crippen molar-refractivity contribution in [2.45, 2.75) is 57.0 Å². The lowest BCUT2D eigenvalue weighted by molar-refractivity contribution is -0.181. The zero-order valence-electron chi connectivity index (χ0n) is 15.8. The third-order valence-corrected chi connectivity index (χ3v) is 5.03. The standard InChI is InChI=1S/C20H28O7/c1-14(2)19(22)25-12-17-13-26-20(27-17,15-6-4-3-5-7-15)9-8-18(21)24-11-16-10-23-16/h8-9,15-17H,1,3-7,10-13H2,2H3. The van der Waals surface area contributed by atoms with E-state index < -0.39 is 17.7 Å². The summed E-state index contributed by atoms with van der Waals surface area (Å²) in [6, 6.07) is 0. The third kappa shape index (κ3) is 5.64. The maximum Gasteiger partial charge on any atom is 0.333 e. The second-order valence-corrected chi connectivity index (χ2v) is 7.40. The first kappa shape index (κ1) is 20.0. The molecule has 2 heterocycles. The fourth-order valence-electron chi connectivity index (χ4n) is 3.44. The Hall–Kier alpha value is -1.70. The van der Waals surface area contributed by atoms with Crippen molar-refractivity contribution in [3.8, 4) is 0 Å². The molecule has 0 radical (unpaired) electrons. The number of epoxide rings is 1. The van der Waals surface area contributed by atoms with Crippen LogP contribution >= 0.6 is 0 Å². The molecule has 7 nitrogen and oxygen atoms in total. The molecule has 27 heavy (non-hydrogen) atoms. The Morgan fingerprint density at radius 2 is 1.81 bits per heavy atom. The topological polar surface area (TPSA) is 83.6 Å². The molecule has 150 valence electrons. The van der Waals surface area contributed by atoms with Crippen molar-refractivity contribution >= 4 is 11.9 Å². The molecule has 1 aliphatic carbocycles. The zero-order valence-corrected chi connectivity index (χ0v) is 15.8. The summed E-state index contributed by atoms with van der Waals surface area (Å²) in [5.74, 6) is -1.71. The number of carbonyl (C=O) groups excluding carboxylic acids is 2. The summed E-state index contributed by atoms with van der Waals surface area (Å²) in [7, 11) is 0. The van der Waals surface area contributed by atoms with Gasteiger partial charge in [-0.1, -0.05) is 25.8 Å². The van der Waals surface area contributed by atoms with Crippen molar-refractivity contribution in [2.75, 3.05) is 26.4 Å². The van der Waals surface area contributed by atoms with Crippen molar-refractivity contribution in [2.24, 2.45) is 5.92 Å². The van der Waals surface area contributed by atoms with Gasteiger partial charge in [0.25, 0.3) is 0 Å². The lowest BCUT2D eigenvalue weighted by atomic mass is 9.82. The molecule has 3 aliphatic rings. The van der Waals surface area contributed by atoms with Crippen LogP contribution in [0.1, 0.15) is 39.0 Å². The molecule has 0 spiro atoms. The van der Waals surface area contributed by atoms with Gasteiger partial charge >= 0.3 is 11.9 Å². The fourth-order valence-corrected chi connectivity index (χ4v) is 3.44. The van der Waals surface area contributed by atoms with E-state index in [4.69, 9.17) is 23.7 Å². The second-order valence-electron chi connectivity index (χ2n) is 7.40. The molecule has 0 amide bonds. The first-order valence-corrected chi connectivity index (χ1v) is 9.60. The Morgan fingerprint density at radius 1 is 1.11 bits per heavy atom. The molecular formula is C20H28O7. The Balaban J connectivity index is 1.61. The summed E-state index contributed by atoms with van der Waals surface area (Å²) < 4.78 is 27.5. The van der Waals surface area contributed by atoms with Crippen LogP contribution in [-0.4, -0.2) is 56.4 Å². The number of ether oxygens (including phenoxy) is 5. The van der Waals surface area contributed by atoms with Crippen LogP contribution in [0.15, 0.2) is 24.3 Å². The van der Waals surface area contributed by atoms with Crippen LogP contribution in [0, 0.1) is 5.92 Å². The molecule has 2 saturated heterocycles. The lowest BCUT2D eigenvalue weighted by Gasteiger charge is -2.36. The Kier molecular flexibility index (Phi) is 6.68. The molecular weight excluding hydrogens is 352 g/mol. The van der Waals surface area contributed by atoms with E-state index in [0.717, 1.165) is 25.7 Å². The van der Waals surface area contributed by atoms with Gasteiger partial charge in [0.15, 0.2) is 5.79 Å². The van der Waals surface area contributed by atoms with Gasteiger partial charge in [-0.2, -0.15) is 0 Å². The van der Waals surface area contributed by atoms with Gasteiger partial charge in [-0.15, -0.1) is 0 Å². The molecule has 1 saturated carbocycles. The average molecular weight is 380 g/mol. The molecule has 3 unspecified atom stereocenters. The van der Waals surface area contributed by atoms with Gasteiger partial charge in [-0.05, 0) is 25.8 Å². The molecule has 0 aromatic rings. The smallest absolute Gasteiger partial charge is 0.333 e. The summed E-state index contributed by atoms with van der Waals surface area (Å²) in [4.78, 5) is 23.6. The highest BCUT2D eigenvalue weighted by atomic mass is 16.8. The van der Waals surface area contributed by atoms with Crippen molar-refractivity contribution in [3.05, 3.63) is 24.3 Å². The van der Waals surface area contributed by atoms with Crippen molar-refractivity contribution in [1.29, 1.82) is 0 Å². The van der Waals surface area contributed by atoms with Gasteiger partial charge in [0.2, 0.25) is 0 Å². The second kappa shape index (κ2) is 8.99. The molecule has 2 aliphatic heterocycles. The molecule has 0 aromatic heterocycles. The highest BCUT2D eigenvalue weighted by Crippen LogP contribution is 2.41. The van der Waals surface area contributed by atoms with Gasteiger partial charge in [-0.3, -0.25) is 0 Å². The molecule has 7 heteroatoms. The van der Waals surface area contributed by atoms with E-state index in [0.29, 0.717) is 18.8 Å². The first-order valence-electron chi connectivity index (χ1n) is 9.60. The summed E-state index contributed by atoms with van der Waals surface area (Å²) in [6.07, 6.45) is 8.02. The van der Waals surface area contributed by atoms with Gasteiger partial charge in [0, 0.05) is 17.6 Å². The van der Waals surface area contributed by atoms with E-state index in [2.05, 4.69) is 6.58 Å². The Labute approximate surface area is 159 Å². The molecule has 0 aromatic carbocycles. The number of rotatable bonds is 8. The fraction of sp³-hybridized carbons (Fsp3) is 0.700. The minimum absolute atomic E-state index is 0.0287. The lowest BCUT2D eigenvalue weighted by Crippen LogP contribution is -2.39. The summed E-state index contributed by atoms with van der Waals surface area (Å²) in [6.45, 7) is 6.47. The quantitative estimate of drug-likeness (QED) is 0.363. The van der Waals surface area contributed by atoms with Crippen molar-refractivity contribution in [1.82, 2.24) is 0 Å². The zero-order chi connectivity index (χ0) is 19.3. The van der Waals surface area contributed by atoms with Crippen LogP contribution in [0.3, 0.4) is 0 Å². The van der Waals surface area contributed by atoms with Gasteiger partial charge in [0.1, 0.15) is 25.4 Å². The molecule has 0 N–H and O–H groups in total. The van der Waals surface area contributed by atoms with Crippen LogP contribution in [0.2, 0.25) is 0 Å². The Bertz CT molecular complexity index is 589. The number of hydrogen-bond acceptors (Lipinski definition) is 7. The minimum Gasteiger partial charge on any atom is -0.460 e. The van der Waals surface area contributed by atoms with E-state index >= 15 is 0 Å². The minimum atomic E-state index is -0.976. The normalized spacial score (nSPS) is 31.0. The monoisotopic (exact) mass is 380 g/mol. The Morgan fingerprint density at radius 3 is 2.48 bits per heavy atom. The molecule has 3 atom stereocenters. The number of esters is 2. The largest absolute Gasteiger partial charge is 0.460 e.